The number of carbonyl (C=O) groups excluding carboxylic acids is 1. The van der Waals surface area contributed by atoms with Crippen molar-refractivity contribution in [2.75, 3.05) is 19.5 Å². The van der Waals surface area contributed by atoms with Crippen LogP contribution in [0.1, 0.15) is 10.4 Å². The average Bonchev–Trinajstić information content (AvgIpc) is 2.79. The van der Waals surface area contributed by atoms with Crippen molar-refractivity contribution in [1.29, 1.82) is 0 Å². The van der Waals surface area contributed by atoms with E-state index in [1.165, 1.54) is 18.8 Å². The zero-order valence-electron chi connectivity index (χ0n) is 17.0. The highest BCUT2D eigenvalue weighted by Gasteiger charge is 2.23. The summed E-state index contributed by atoms with van der Waals surface area (Å²) in [5.74, 6) is -0.136. The number of fused-ring (bicyclic) bond motifs is 1. The van der Waals surface area contributed by atoms with E-state index in [1.54, 1.807) is 66.7 Å². The molecule has 2 N–H and O–H groups in total. The van der Waals surface area contributed by atoms with Crippen molar-refractivity contribution >= 4 is 22.5 Å². The standard InChI is InChI=1S/C24H20N2O5/c1-30-19-13-12-16(14-20(19)31-2)26-18-11-7-6-10-17(18)22(27)21(24(26)29)23(28)25-15-8-4-3-5-9-15/h3-14,27H,1-2H3,(H,25,28). The van der Waals surface area contributed by atoms with Gasteiger partial charge in [-0.05, 0) is 36.4 Å². The smallest absolute Gasteiger partial charge is 0.272 e. The Labute approximate surface area is 178 Å². The fourth-order valence-electron chi connectivity index (χ4n) is 3.47. The Morgan fingerprint density at radius 2 is 1.58 bits per heavy atom. The van der Waals surface area contributed by atoms with Gasteiger partial charge in [-0.3, -0.25) is 14.2 Å². The summed E-state index contributed by atoms with van der Waals surface area (Å²) >= 11 is 0. The summed E-state index contributed by atoms with van der Waals surface area (Å²) < 4.78 is 12.0. The van der Waals surface area contributed by atoms with Crippen LogP contribution in [0.5, 0.6) is 17.2 Å². The quantitative estimate of drug-likeness (QED) is 0.514. The number of nitrogens with one attached hydrogen (secondary N) is 1. The largest absolute Gasteiger partial charge is 0.506 e. The lowest BCUT2D eigenvalue weighted by Gasteiger charge is -2.16. The number of methoxy groups -OCH3 is 2. The molecule has 156 valence electrons. The minimum atomic E-state index is -0.700. The monoisotopic (exact) mass is 416 g/mol. The second kappa shape index (κ2) is 8.23. The second-order valence-electron chi connectivity index (χ2n) is 6.74. The normalized spacial score (nSPS) is 10.6. The molecule has 1 aromatic heterocycles. The molecular weight excluding hydrogens is 396 g/mol. The minimum Gasteiger partial charge on any atom is -0.506 e. The van der Waals surface area contributed by atoms with Crippen molar-refractivity contribution in [1.82, 2.24) is 4.57 Å². The number of anilines is 1. The van der Waals surface area contributed by atoms with Gasteiger partial charge in [0.15, 0.2) is 11.5 Å². The summed E-state index contributed by atoms with van der Waals surface area (Å²) in [7, 11) is 3.02. The fourth-order valence-corrected chi connectivity index (χ4v) is 3.47. The zero-order chi connectivity index (χ0) is 22.0. The van der Waals surface area contributed by atoms with Gasteiger partial charge in [-0.1, -0.05) is 30.3 Å². The summed E-state index contributed by atoms with van der Waals surface area (Å²) in [6.07, 6.45) is 0. The van der Waals surface area contributed by atoms with E-state index in [-0.39, 0.29) is 11.3 Å². The van der Waals surface area contributed by atoms with Crippen molar-refractivity contribution in [3.05, 3.63) is 88.7 Å². The minimum absolute atomic E-state index is 0.350. The van der Waals surface area contributed by atoms with Crippen LogP contribution in [0.2, 0.25) is 0 Å². The third-order valence-electron chi connectivity index (χ3n) is 4.94. The summed E-state index contributed by atoms with van der Waals surface area (Å²) in [6.45, 7) is 0. The Morgan fingerprint density at radius 1 is 0.903 bits per heavy atom. The van der Waals surface area contributed by atoms with Crippen molar-refractivity contribution in [2.45, 2.75) is 0 Å². The van der Waals surface area contributed by atoms with E-state index >= 15 is 0 Å². The maximum atomic E-state index is 13.5. The molecule has 0 fully saturated rings. The van der Waals surface area contributed by atoms with Gasteiger partial charge in [-0.2, -0.15) is 0 Å². The van der Waals surface area contributed by atoms with Gasteiger partial charge in [0.1, 0.15) is 11.3 Å². The molecule has 0 saturated heterocycles. The topological polar surface area (TPSA) is 89.8 Å². The molecular formula is C24H20N2O5. The van der Waals surface area contributed by atoms with Crippen molar-refractivity contribution < 1.29 is 19.4 Å². The molecule has 0 unspecified atom stereocenters. The van der Waals surface area contributed by atoms with E-state index in [1.807, 2.05) is 6.07 Å². The number of aromatic hydroxyl groups is 1. The molecule has 0 aliphatic heterocycles. The molecule has 0 radical (unpaired) electrons. The van der Waals surface area contributed by atoms with Crippen molar-refractivity contribution in [3.8, 4) is 22.9 Å². The van der Waals surface area contributed by atoms with Gasteiger partial charge in [0.2, 0.25) is 0 Å². The lowest BCUT2D eigenvalue weighted by Crippen LogP contribution is -2.29. The Hall–Kier alpha value is -4.26. The number of pyridine rings is 1. The third-order valence-corrected chi connectivity index (χ3v) is 4.94. The molecule has 0 spiro atoms. The maximum absolute atomic E-state index is 13.5. The number of hydrogen-bond acceptors (Lipinski definition) is 5. The first-order valence-electron chi connectivity index (χ1n) is 9.50. The number of para-hydroxylation sites is 2. The first-order valence-corrected chi connectivity index (χ1v) is 9.50. The molecule has 31 heavy (non-hydrogen) atoms. The Morgan fingerprint density at radius 3 is 2.29 bits per heavy atom. The van der Waals surface area contributed by atoms with Gasteiger partial charge in [0.05, 0.1) is 25.4 Å². The molecule has 0 atom stereocenters. The Balaban J connectivity index is 1.96. The van der Waals surface area contributed by atoms with Crippen LogP contribution >= 0.6 is 0 Å². The van der Waals surface area contributed by atoms with Crippen LogP contribution < -0.4 is 20.3 Å². The van der Waals surface area contributed by atoms with E-state index in [0.29, 0.717) is 33.8 Å². The number of hydrogen-bond donors (Lipinski definition) is 2. The molecule has 4 aromatic rings. The maximum Gasteiger partial charge on any atom is 0.272 e. The highest BCUT2D eigenvalue weighted by atomic mass is 16.5. The number of benzene rings is 3. The number of ether oxygens (including phenoxy) is 2. The summed E-state index contributed by atoms with van der Waals surface area (Å²) in [6, 6.07) is 20.6. The first kappa shape index (κ1) is 20.0. The number of carbonyl (C=O) groups is 1. The molecule has 0 aliphatic carbocycles. The zero-order valence-corrected chi connectivity index (χ0v) is 17.0. The summed E-state index contributed by atoms with van der Waals surface area (Å²) in [5, 5.41) is 13.9. The van der Waals surface area contributed by atoms with Crippen LogP contribution in [0.4, 0.5) is 5.69 Å². The summed E-state index contributed by atoms with van der Waals surface area (Å²) in [5.41, 5.74) is 0.424. The Kier molecular flexibility index (Phi) is 5.32. The molecule has 3 aromatic carbocycles. The lowest BCUT2D eigenvalue weighted by molar-refractivity contribution is 0.102. The van der Waals surface area contributed by atoms with Gasteiger partial charge >= 0.3 is 0 Å². The van der Waals surface area contributed by atoms with Crippen LogP contribution in [-0.4, -0.2) is 29.8 Å². The van der Waals surface area contributed by atoms with Crippen LogP contribution in [0.3, 0.4) is 0 Å². The van der Waals surface area contributed by atoms with Gasteiger partial charge in [-0.25, -0.2) is 0 Å². The molecule has 7 heteroatoms. The number of amides is 1. The SMILES string of the molecule is COc1ccc(-n2c(=O)c(C(=O)Nc3ccccc3)c(O)c3ccccc32)cc1OC. The van der Waals surface area contributed by atoms with Gasteiger partial charge < -0.3 is 19.9 Å². The number of rotatable bonds is 5. The van der Waals surface area contributed by atoms with E-state index in [0.717, 1.165) is 0 Å². The van der Waals surface area contributed by atoms with Gasteiger partial charge in [0.25, 0.3) is 11.5 Å². The van der Waals surface area contributed by atoms with Crippen molar-refractivity contribution in [3.63, 3.8) is 0 Å². The van der Waals surface area contributed by atoms with E-state index in [2.05, 4.69) is 5.32 Å². The van der Waals surface area contributed by atoms with Crippen molar-refractivity contribution in [2.24, 2.45) is 0 Å². The average molecular weight is 416 g/mol. The fraction of sp³-hybridized carbons (Fsp3) is 0.0833. The molecule has 1 amide bonds. The van der Waals surface area contributed by atoms with E-state index < -0.39 is 11.5 Å². The van der Waals surface area contributed by atoms with Gasteiger partial charge in [0, 0.05) is 17.1 Å². The molecule has 0 aliphatic rings. The van der Waals surface area contributed by atoms with Crippen LogP contribution in [0.15, 0.2) is 77.6 Å². The van der Waals surface area contributed by atoms with E-state index in [4.69, 9.17) is 9.47 Å². The molecule has 0 bridgehead atoms. The highest BCUT2D eigenvalue weighted by Crippen LogP contribution is 2.32. The number of nitrogens with zero attached hydrogens (tertiary/aromatic N) is 1. The second-order valence-corrected chi connectivity index (χ2v) is 6.74. The van der Waals surface area contributed by atoms with Crippen LogP contribution in [0, 0.1) is 0 Å². The third kappa shape index (κ3) is 3.57. The van der Waals surface area contributed by atoms with Crippen LogP contribution in [-0.2, 0) is 0 Å². The first-order chi connectivity index (χ1) is 15.0. The predicted molar refractivity (Wildman–Crippen MR) is 119 cm³/mol. The highest BCUT2D eigenvalue weighted by molar-refractivity contribution is 6.09. The van der Waals surface area contributed by atoms with Crippen LogP contribution in [0.25, 0.3) is 16.6 Å². The number of aromatic nitrogens is 1. The molecule has 1 heterocycles. The Bertz CT molecular complexity index is 1330. The predicted octanol–water partition coefficient (Wildman–Crippen LogP) is 3.97. The molecule has 7 nitrogen and oxygen atoms in total. The molecule has 0 saturated carbocycles. The van der Waals surface area contributed by atoms with Gasteiger partial charge in [-0.15, -0.1) is 0 Å². The summed E-state index contributed by atoms with van der Waals surface area (Å²) in [4.78, 5) is 26.4. The lowest BCUT2D eigenvalue weighted by atomic mass is 10.1. The molecule has 4 rings (SSSR count). The van der Waals surface area contributed by atoms with E-state index in [9.17, 15) is 14.7 Å².